The standard InChI is InChI=1S/C27H38N2O4/c1-20-12-13-23(33-20)18-28-16-22(25(19-28)24-10-6-7-11-26(24)32-3)17-29(14-15-31-2)27(30)21-8-4-5-9-21/h6-7,10-13,21-22,25H,4-5,8-9,14-19H2,1-3H3. The zero-order valence-corrected chi connectivity index (χ0v) is 20.3. The normalized spacial score (nSPS) is 21.5. The second kappa shape index (κ2) is 11.2. The van der Waals surface area contributed by atoms with Crippen molar-refractivity contribution < 1.29 is 18.7 Å². The van der Waals surface area contributed by atoms with E-state index in [0.717, 1.165) is 69.1 Å². The van der Waals surface area contributed by atoms with Crippen LogP contribution in [0.4, 0.5) is 0 Å². The van der Waals surface area contributed by atoms with Crippen LogP contribution in [0.5, 0.6) is 5.75 Å². The minimum Gasteiger partial charge on any atom is -0.496 e. The quantitative estimate of drug-likeness (QED) is 0.530. The van der Waals surface area contributed by atoms with Gasteiger partial charge < -0.3 is 18.8 Å². The lowest BCUT2D eigenvalue weighted by Gasteiger charge is -2.30. The average Bonchev–Trinajstić information content (AvgIpc) is 3.58. The van der Waals surface area contributed by atoms with Gasteiger partial charge in [-0.2, -0.15) is 0 Å². The fourth-order valence-electron chi connectivity index (χ4n) is 5.60. The Kier molecular flexibility index (Phi) is 8.10. The van der Waals surface area contributed by atoms with Crippen LogP contribution in [0.1, 0.15) is 48.7 Å². The van der Waals surface area contributed by atoms with Gasteiger partial charge in [0.25, 0.3) is 0 Å². The Balaban J connectivity index is 1.55. The van der Waals surface area contributed by atoms with Gasteiger partial charge in [-0.05, 0) is 49.4 Å². The Morgan fingerprint density at radius 2 is 1.91 bits per heavy atom. The van der Waals surface area contributed by atoms with Crippen molar-refractivity contribution in [3.05, 3.63) is 53.5 Å². The molecule has 1 aromatic carbocycles. The summed E-state index contributed by atoms with van der Waals surface area (Å²) in [6.45, 7) is 6.57. The van der Waals surface area contributed by atoms with Crippen LogP contribution in [-0.2, 0) is 16.1 Å². The molecule has 0 N–H and O–H groups in total. The first-order valence-corrected chi connectivity index (χ1v) is 12.3. The second-order valence-electron chi connectivity index (χ2n) is 9.57. The zero-order chi connectivity index (χ0) is 23.2. The van der Waals surface area contributed by atoms with E-state index in [9.17, 15) is 4.79 Å². The van der Waals surface area contributed by atoms with Crippen LogP contribution in [0.3, 0.4) is 0 Å². The number of carbonyl (C=O) groups is 1. The Labute approximate surface area is 197 Å². The van der Waals surface area contributed by atoms with Crippen LogP contribution in [-0.4, -0.2) is 62.7 Å². The van der Waals surface area contributed by atoms with E-state index in [2.05, 4.69) is 28.0 Å². The Morgan fingerprint density at radius 3 is 2.61 bits per heavy atom. The minimum absolute atomic E-state index is 0.176. The molecule has 2 atom stereocenters. The zero-order valence-electron chi connectivity index (χ0n) is 20.3. The lowest BCUT2D eigenvalue weighted by atomic mass is 9.87. The monoisotopic (exact) mass is 454 g/mol. The van der Waals surface area contributed by atoms with Gasteiger partial charge in [-0.1, -0.05) is 31.0 Å². The van der Waals surface area contributed by atoms with Crippen molar-refractivity contribution in [2.45, 2.75) is 45.1 Å². The third kappa shape index (κ3) is 5.79. The maximum atomic E-state index is 13.4. The van der Waals surface area contributed by atoms with E-state index in [0.29, 0.717) is 30.9 Å². The highest BCUT2D eigenvalue weighted by atomic mass is 16.5. The Bertz CT molecular complexity index is 905. The number of aryl methyl sites for hydroxylation is 1. The summed E-state index contributed by atoms with van der Waals surface area (Å²) in [6.07, 6.45) is 4.37. The summed E-state index contributed by atoms with van der Waals surface area (Å²) in [5.41, 5.74) is 1.23. The molecule has 0 radical (unpaired) electrons. The van der Waals surface area contributed by atoms with Crippen LogP contribution in [0.2, 0.25) is 0 Å². The van der Waals surface area contributed by atoms with E-state index in [-0.39, 0.29) is 5.92 Å². The molecule has 2 fully saturated rings. The molecule has 2 heterocycles. The highest BCUT2D eigenvalue weighted by molar-refractivity contribution is 5.79. The van der Waals surface area contributed by atoms with E-state index in [1.807, 2.05) is 25.1 Å². The molecule has 6 heteroatoms. The van der Waals surface area contributed by atoms with Crippen LogP contribution >= 0.6 is 0 Å². The number of para-hydroxylation sites is 1. The van der Waals surface area contributed by atoms with Crippen molar-refractivity contribution in [1.29, 1.82) is 0 Å². The molecule has 2 unspecified atom stereocenters. The number of ether oxygens (including phenoxy) is 2. The highest BCUT2D eigenvalue weighted by Gasteiger charge is 2.38. The van der Waals surface area contributed by atoms with Gasteiger partial charge >= 0.3 is 0 Å². The van der Waals surface area contributed by atoms with Gasteiger partial charge in [0.2, 0.25) is 5.91 Å². The smallest absolute Gasteiger partial charge is 0.225 e. The summed E-state index contributed by atoms with van der Waals surface area (Å²) in [7, 11) is 3.44. The maximum absolute atomic E-state index is 13.4. The molecule has 2 aromatic rings. The molecular formula is C27H38N2O4. The van der Waals surface area contributed by atoms with Gasteiger partial charge in [-0.3, -0.25) is 9.69 Å². The number of hydrogen-bond donors (Lipinski definition) is 0. The van der Waals surface area contributed by atoms with Crippen molar-refractivity contribution >= 4 is 5.91 Å². The molecule has 180 valence electrons. The van der Waals surface area contributed by atoms with Crippen molar-refractivity contribution in [3.63, 3.8) is 0 Å². The first kappa shape index (κ1) is 23.8. The molecule has 2 aliphatic rings. The van der Waals surface area contributed by atoms with Gasteiger partial charge in [0.05, 0.1) is 20.3 Å². The summed E-state index contributed by atoms with van der Waals surface area (Å²) < 4.78 is 16.9. The second-order valence-corrected chi connectivity index (χ2v) is 9.57. The Morgan fingerprint density at radius 1 is 1.12 bits per heavy atom. The SMILES string of the molecule is COCCN(CC1CN(Cc2ccc(C)o2)CC1c1ccccc1OC)C(=O)C1CCCC1. The molecule has 33 heavy (non-hydrogen) atoms. The van der Waals surface area contributed by atoms with Gasteiger partial charge in [-0.25, -0.2) is 0 Å². The number of amides is 1. The Hall–Kier alpha value is -2.31. The number of nitrogens with zero attached hydrogens (tertiary/aromatic N) is 2. The molecule has 0 spiro atoms. The molecule has 6 nitrogen and oxygen atoms in total. The summed E-state index contributed by atoms with van der Waals surface area (Å²) in [4.78, 5) is 17.9. The van der Waals surface area contributed by atoms with E-state index in [1.54, 1.807) is 14.2 Å². The first-order chi connectivity index (χ1) is 16.1. The van der Waals surface area contributed by atoms with Crippen molar-refractivity contribution in [3.8, 4) is 5.75 Å². The topological polar surface area (TPSA) is 55.1 Å². The summed E-state index contributed by atoms with van der Waals surface area (Å²) in [5, 5.41) is 0. The third-order valence-electron chi connectivity index (χ3n) is 7.27. The highest BCUT2D eigenvalue weighted by Crippen LogP contribution is 2.39. The predicted molar refractivity (Wildman–Crippen MR) is 128 cm³/mol. The summed E-state index contributed by atoms with van der Waals surface area (Å²) in [6, 6.07) is 12.4. The summed E-state index contributed by atoms with van der Waals surface area (Å²) in [5.74, 6) is 3.95. The fraction of sp³-hybridized carbons (Fsp3) is 0.593. The molecule has 1 amide bonds. The van der Waals surface area contributed by atoms with Crippen molar-refractivity contribution in [1.82, 2.24) is 9.80 Å². The minimum atomic E-state index is 0.176. The molecule has 0 bridgehead atoms. The number of rotatable bonds is 10. The molecule has 1 saturated carbocycles. The molecule has 1 aliphatic heterocycles. The largest absolute Gasteiger partial charge is 0.496 e. The van der Waals surface area contributed by atoms with E-state index in [4.69, 9.17) is 13.9 Å². The van der Waals surface area contributed by atoms with E-state index < -0.39 is 0 Å². The third-order valence-corrected chi connectivity index (χ3v) is 7.27. The lowest BCUT2D eigenvalue weighted by molar-refractivity contribution is -0.136. The number of benzene rings is 1. The van der Waals surface area contributed by atoms with Gasteiger partial charge in [-0.15, -0.1) is 0 Å². The predicted octanol–water partition coefficient (Wildman–Crippen LogP) is 4.48. The summed E-state index contributed by atoms with van der Waals surface area (Å²) >= 11 is 0. The van der Waals surface area contributed by atoms with Crippen LogP contribution in [0.25, 0.3) is 0 Å². The molecule has 1 aromatic heterocycles. The number of methoxy groups -OCH3 is 2. The number of carbonyl (C=O) groups excluding carboxylic acids is 1. The van der Waals surface area contributed by atoms with Gasteiger partial charge in [0.15, 0.2) is 0 Å². The maximum Gasteiger partial charge on any atom is 0.225 e. The molecule has 1 aliphatic carbocycles. The number of furan rings is 1. The van der Waals surface area contributed by atoms with Crippen molar-refractivity contribution in [2.24, 2.45) is 11.8 Å². The van der Waals surface area contributed by atoms with Crippen LogP contribution in [0.15, 0.2) is 40.8 Å². The average molecular weight is 455 g/mol. The first-order valence-electron chi connectivity index (χ1n) is 12.3. The van der Waals surface area contributed by atoms with Crippen LogP contribution in [0, 0.1) is 18.8 Å². The lowest BCUT2D eigenvalue weighted by Crippen LogP contribution is -2.42. The van der Waals surface area contributed by atoms with Crippen LogP contribution < -0.4 is 4.74 Å². The number of likely N-dealkylation sites (tertiary alicyclic amines) is 1. The molecule has 1 saturated heterocycles. The van der Waals surface area contributed by atoms with E-state index >= 15 is 0 Å². The fourth-order valence-corrected chi connectivity index (χ4v) is 5.60. The molecule has 4 rings (SSSR count). The van der Waals surface area contributed by atoms with Crippen molar-refractivity contribution in [2.75, 3.05) is 47.0 Å². The number of hydrogen-bond acceptors (Lipinski definition) is 5. The van der Waals surface area contributed by atoms with Gasteiger partial charge in [0.1, 0.15) is 17.3 Å². The van der Waals surface area contributed by atoms with Gasteiger partial charge in [0, 0.05) is 45.1 Å². The van der Waals surface area contributed by atoms with E-state index in [1.165, 1.54) is 5.56 Å². The molecular weight excluding hydrogens is 416 g/mol.